The van der Waals surface area contributed by atoms with Crippen molar-refractivity contribution in [1.29, 1.82) is 0 Å². The highest BCUT2D eigenvalue weighted by atomic mass is 16.5. The number of hydrogen-bond donors (Lipinski definition) is 0. The zero-order valence-electron chi connectivity index (χ0n) is 14.6. The van der Waals surface area contributed by atoms with Crippen LogP contribution in [0.3, 0.4) is 0 Å². The van der Waals surface area contributed by atoms with Crippen LogP contribution in [0.1, 0.15) is 38.8 Å². The maximum atomic E-state index is 5.85. The molecule has 0 fully saturated rings. The average Bonchev–Trinajstić information content (AvgIpc) is 3.08. The van der Waals surface area contributed by atoms with Gasteiger partial charge in [0, 0.05) is 11.1 Å². The van der Waals surface area contributed by atoms with Crippen LogP contribution in [0.4, 0.5) is 0 Å². The van der Waals surface area contributed by atoms with Crippen molar-refractivity contribution in [3.63, 3.8) is 0 Å². The van der Waals surface area contributed by atoms with E-state index in [1.54, 1.807) is 0 Å². The van der Waals surface area contributed by atoms with E-state index in [-0.39, 0.29) is 11.1 Å². The fourth-order valence-electron chi connectivity index (χ4n) is 3.12. The van der Waals surface area contributed by atoms with E-state index in [0.717, 1.165) is 33.7 Å². The highest BCUT2D eigenvalue weighted by Crippen LogP contribution is 2.30. The lowest BCUT2D eigenvalue weighted by molar-refractivity contribution is 0.279. The third kappa shape index (κ3) is 2.56. The number of hydrogen-bond acceptors (Lipinski definition) is 4. The van der Waals surface area contributed by atoms with Gasteiger partial charge in [0.1, 0.15) is 13.2 Å². The molecule has 0 spiro atoms. The molecule has 4 heteroatoms. The second-order valence-corrected chi connectivity index (χ2v) is 7.74. The van der Waals surface area contributed by atoms with Crippen LogP contribution < -0.4 is 0 Å². The van der Waals surface area contributed by atoms with Crippen LogP contribution in [0, 0.1) is 0 Å². The van der Waals surface area contributed by atoms with Crippen molar-refractivity contribution in [3.05, 3.63) is 47.5 Å². The molecule has 2 aromatic rings. The molecule has 0 N–H and O–H groups in total. The van der Waals surface area contributed by atoms with Crippen molar-refractivity contribution in [1.82, 2.24) is 0 Å². The second kappa shape index (κ2) is 5.07. The van der Waals surface area contributed by atoms with Crippen LogP contribution in [0.15, 0.2) is 46.4 Å². The molecular formula is C20H22N2O2. The van der Waals surface area contributed by atoms with Gasteiger partial charge in [0.2, 0.25) is 11.8 Å². The Morgan fingerprint density at radius 2 is 1.12 bits per heavy atom. The molecule has 0 unspecified atom stereocenters. The molecule has 24 heavy (non-hydrogen) atoms. The number of ether oxygens (including phenoxy) is 2. The summed E-state index contributed by atoms with van der Waals surface area (Å²) in [5.41, 5.74) is 1.71. The summed E-state index contributed by atoms with van der Waals surface area (Å²) in [6.07, 6.45) is 0. The molecule has 2 aliphatic rings. The Balaban J connectivity index is 1.88. The number of nitrogens with zero attached hydrogens (tertiary/aromatic N) is 2. The molecule has 0 amide bonds. The van der Waals surface area contributed by atoms with Gasteiger partial charge in [-0.1, -0.05) is 24.3 Å². The van der Waals surface area contributed by atoms with Gasteiger partial charge in [0.25, 0.3) is 0 Å². The van der Waals surface area contributed by atoms with Crippen molar-refractivity contribution in [3.8, 4) is 0 Å². The first-order valence-corrected chi connectivity index (χ1v) is 8.33. The monoisotopic (exact) mass is 322 g/mol. The molecule has 0 atom stereocenters. The fraction of sp³-hybridized carbons (Fsp3) is 0.400. The molecule has 0 bridgehead atoms. The molecule has 2 aliphatic heterocycles. The minimum Gasteiger partial charge on any atom is -0.475 e. The van der Waals surface area contributed by atoms with E-state index in [2.05, 4.69) is 52.0 Å². The Morgan fingerprint density at radius 1 is 0.708 bits per heavy atom. The van der Waals surface area contributed by atoms with Crippen molar-refractivity contribution in [2.75, 3.05) is 13.2 Å². The molecule has 4 rings (SSSR count). The second-order valence-electron chi connectivity index (χ2n) is 7.74. The summed E-state index contributed by atoms with van der Waals surface area (Å²) < 4.78 is 11.7. The molecule has 0 saturated carbocycles. The molecule has 0 radical (unpaired) electrons. The SMILES string of the molecule is CC1(C)COC(c2ccc(C3=NC(C)(C)CO3)c3ccccc23)=N1. The summed E-state index contributed by atoms with van der Waals surface area (Å²) in [5.74, 6) is 1.44. The minimum absolute atomic E-state index is 0.169. The van der Waals surface area contributed by atoms with Gasteiger partial charge < -0.3 is 9.47 Å². The summed E-state index contributed by atoms with van der Waals surface area (Å²) in [7, 11) is 0. The van der Waals surface area contributed by atoms with Crippen LogP contribution in [-0.4, -0.2) is 36.1 Å². The lowest BCUT2D eigenvalue weighted by Crippen LogP contribution is -2.17. The van der Waals surface area contributed by atoms with Crippen LogP contribution in [0.25, 0.3) is 10.8 Å². The smallest absolute Gasteiger partial charge is 0.217 e. The lowest BCUT2D eigenvalue weighted by Gasteiger charge is -2.11. The largest absolute Gasteiger partial charge is 0.475 e. The summed E-state index contributed by atoms with van der Waals surface area (Å²) >= 11 is 0. The average molecular weight is 322 g/mol. The Bertz CT molecular complexity index is 806. The topological polar surface area (TPSA) is 43.2 Å². The summed E-state index contributed by atoms with van der Waals surface area (Å²) in [4.78, 5) is 9.45. The Hall–Kier alpha value is -2.36. The maximum Gasteiger partial charge on any atom is 0.217 e. The normalized spacial score (nSPS) is 21.2. The van der Waals surface area contributed by atoms with Crippen LogP contribution in [0.5, 0.6) is 0 Å². The molecule has 2 heterocycles. The zero-order valence-corrected chi connectivity index (χ0v) is 14.6. The Morgan fingerprint density at radius 3 is 1.46 bits per heavy atom. The standard InChI is InChI=1S/C20H22N2O2/c1-19(2)11-23-17(21-19)15-9-10-16(14-8-6-5-7-13(14)15)18-22-20(3,4)12-24-18/h5-10H,11-12H2,1-4H3. The first-order valence-electron chi connectivity index (χ1n) is 8.33. The van der Waals surface area contributed by atoms with E-state index in [1.807, 2.05) is 12.1 Å². The molecular weight excluding hydrogens is 300 g/mol. The minimum atomic E-state index is -0.169. The number of benzene rings is 2. The summed E-state index contributed by atoms with van der Waals surface area (Å²) in [6, 6.07) is 12.4. The number of rotatable bonds is 2. The van der Waals surface area contributed by atoms with Gasteiger partial charge in [-0.05, 0) is 50.6 Å². The quantitative estimate of drug-likeness (QED) is 0.840. The third-order valence-corrected chi connectivity index (χ3v) is 4.32. The Labute approximate surface area is 142 Å². The van der Waals surface area contributed by atoms with Gasteiger partial charge in [-0.15, -0.1) is 0 Å². The van der Waals surface area contributed by atoms with Crippen LogP contribution in [0.2, 0.25) is 0 Å². The molecule has 2 aromatic carbocycles. The highest BCUT2D eigenvalue weighted by Gasteiger charge is 2.30. The van der Waals surface area contributed by atoms with Crippen molar-refractivity contribution in [2.24, 2.45) is 9.98 Å². The molecule has 0 aliphatic carbocycles. The lowest BCUT2D eigenvalue weighted by atomic mass is 9.99. The number of fused-ring (bicyclic) bond motifs is 1. The van der Waals surface area contributed by atoms with E-state index < -0.39 is 0 Å². The van der Waals surface area contributed by atoms with Gasteiger partial charge in [0.05, 0.1) is 11.1 Å². The predicted molar refractivity (Wildman–Crippen MR) is 97.1 cm³/mol. The molecule has 0 aromatic heterocycles. The first-order chi connectivity index (χ1) is 11.3. The van der Waals surface area contributed by atoms with Gasteiger partial charge in [-0.3, -0.25) is 0 Å². The van der Waals surface area contributed by atoms with Gasteiger partial charge in [-0.2, -0.15) is 0 Å². The van der Waals surface area contributed by atoms with Crippen molar-refractivity contribution >= 4 is 22.6 Å². The van der Waals surface area contributed by atoms with Crippen LogP contribution in [-0.2, 0) is 9.47 Å². The van der Waals surface area contributed by atoms with E-state index in [0.29, 0.717) is 13.2 Å². The van der Waals surface area contributed by atoms with E-state index in [1.165, 1.54) is 0 Å². The molecule has 124 valence electrons. The summed E-state index contributed by atoms with van der Waals surface area (Å²) in [5, 5.41) is 2.23. The van der Waals surface area contributed by atoms with Crippen LogP contribution >= 0.6 is 0 Å². The van der Waals surface area contributed by atoms with E-state index >= 15 is 0 Å². The molecule has 0 saturated heterocycles. The van der Waals surface area contributed by atoms with Crippen molar-refractivity contribution < 1.29 is 9.47 Å². The Kier molecular flexibility index (Phi) is 3.21. The maximum absolute atomic E-state index is 5.85. The predicted octanol–water partition coefficient (Wildman–Crippen LogP) is 3.95. The van der Waals surface area contributed by atoms with Crippen molar-refractivity contribution in [2.45, 2.75) is 38.8 Å². The summed E-state index contributed by atoms with van der Waals surface area (Å²) in [6.45, 7) is 9.56. The number of aliphatic imine (C=N–C) groups is 2. The highest BCUT2D eigenvalue weighted by molar-refractivity contribution is 6.14. The first kappa shape index (κ1) is 15.2. The van der Waals surface area contributed by atoms with Gasteiger partial charge in [-0.25, -0.2) is 9.98 Å². The molecule has 4 nitrogen and oxygen atoms in total. The van der Waals surface area contributed by atoms with Gasteiger partial charge >= 0.3 is 0 Å². The zero-order chi connectivity index (χ0) is 16.9. The van der Waals surface area contributed by atoms with E-state index in [9.17, 15) is 0 Å². The van der Waals surface area contributed by atoms with E-state index in [4.69, 9.17) is 19.5 Å². The fourth-order valence-corrected chi connectivity index (χ4v) is 3.12. The third-order valence-electron chi connectivity index (χ3n) is 4.32. The van der Waals surface area contributed by atoms with Gasteiger partial charge in [0.15, 0.2) is 0 Å².